The third-order valence-corrected chi connectivity index (χ3v) is 8.41. The maximum Gasteiger partial charge on any atom is 0.251 e. The second kappa shape index (κ2) is 7.48. The Morgan fingerprint density at radius 2 is 1.96 bits per heavy atom. The molecule has 0 radical (unpaired) electrons. The lowest BCUT2D eigenvalue weighted by atomic mass is 9.84. The molecule has 2 N–H and O–H groups in total. The zero-order chi connectivity index (χ0) is 19.9. The number of sulfonamides is 1. The van der Waals surface area contributed by atoms with Gasteiger partial charge in [0.2, 0.25) is 15.9 Å². The maximum atomic E-state index is 12.7. The van der Waals surface area contributed by atoms with E-state index in [-0.39, 0.29) is 35.8 Å². The molecule has 152 valence electrons. The van der Waals surface area contributed by atoms with Crippen molar-refractivity contribution in [1.29, 1.82) is 0 Å². The normalized spacial score (nSPS) is 28.8. The summed E-state index contributed by atoms with van der Waals surface area (Å²) >= 11 is 0. The molecule has 1 aromatic carbocycles. The number of piperazine rings is 1. The molecule has 8 heteroatoms. The molecule has 4 unspecified atom stereocenters. The number of benzene rings is 1. The van der Waals surface area contributed by atoms with E-state index in [1.807, 2.05) is 0 Å². The summed E-state index contributed by atoms with van der Waals surface area (Å²) in [7, 11) is -3.74. The minimum Gasteiger partial charge on any atom is -0.354 e. The van der Waals surface area contributed by atoms with Crippen LogP contribution in [0, 0.1) is 17.8 Å². The highest BCUT2D eigenvalue weighted by atomic mass is 32.2. The van der Waals surface area contributed by atoms with Gasteiger partial charge in [-0.2, -0.15) is 4.31 Å². The molecule has 1 aliphatic heterocycles. The van der Waals surface area contributed by atoms with E-state index < -0.39 is 10.0 Å². The number of amides is 2. The number of hydrogen-bond donors (Lipinski definition) is 2. The topological polar surface area (TPSA) is 95.6 Å². The van der Waals surface area contributed by atoms with Gasteiger partial charge in [0.25, 0.3) is 5.91 Å². The molecule has 1 heterocycles. The van der Waals surface area contributed by atoms with E-state index in [0.29, 0.717) is 18.0 Å². The summed E-state index contributed by atoms with van der Waals surface area (Å²) in [4.78, 5) is 24.2. The fourth-order valence-corrected chi connectivity index (χ4v) is 6.45. The summed E-state index contributed by atoms with van der Waals surface area (Å²) < 4.78 is 26.5. The minimum absolute atomic E-state index is 0.0971. The van der Waals surface area contributed by atoms with Gasteiger partial charge in [-0.3, -0.25) is 9.59 Å². The van der Waals surface area contributed by atoms with Gasteiger partial charge in [-0.1, -0.05) is 6.42 Å². The fraction of sp³-hybridized carbons (Fsp3) is 0.600. The highest BCUT2D eigenvalue weighted by molar-refractivity contribution is 7.89. The Bertz CT molecular complexity index is 868. The average molecular weight is 406 g/mol. The third kappa shape index (κ3) is 3.67. The van der Waals surface area contributed by atoms with Crippen molar-refractivity contribution in [2.24, 2.45) is 17.8 Å². The van der Waals surface area contributed by atoms with Crippen molar-refractivity contribution in [2.45, 2.75) is 43.5 Å². The smallest absolute Gasteiger partial charge is 0.251 e. The zero-order valence-electron chi connectivity index (χ0n) is 16.1. The standard InChI is InChI=1S/C20H27N3O4S/c1-13(18-11-14-2-3-16(18)10-14)22-20(25)15-4-6-17(7-5-15)28(26,27)23-9-8-21-19(24)12-23/h4-7,13-14,16,18H,2-3,8-12H2,1H3,(H,21,24)(H,22,25). The lowest BCUT2D eigenvalue weighted by Gasteiger charge is -2.28. The molecule has 2 amide bonds. The minimum atomic E-state index is -3.74. The number of nitrogens with zero attached hydrogens (tertiary/aromatic N) is 1. The van der Waals surface area contributed by atoms with Crippen LogP contribution in [0.25, 0.3) is 0 Å². The average Bonchev–Trinajstić information content (AvgIpc) is 3.31. The molecular formula is C20H27N3O4S. The van der Waals surface area contributed by atoms with Crippen molar-refractivity contribution in [3.63, 3.8) is 0 Å². The van der Waals surface area contributed by atoms with Gasteiger partial charge in [0.15, 0.2) is 0 Å². The largest absolute Gasteiger partial charge is 0.354 e. The molecule has 1 saturated heterocycles. The Morgan fingerprint density at radius 3 is 2.57 bits per heavy atom. The molecule has 3 fully saturated rings. The summed E-state index contributed by atoms with van der Waals surface area (Å²) in [6.45, 7) is 2.45. The lowest BCUT2D eigenvalue weighted by Crippen LogP contribution is -2.49. The Morgan fingerprint density at radius 1 is 1.21 bits per heavy atom. The van der Waals surface area contributed by atoms with Gasteiger partial charge in [0.1, 0.15) is 0 Å². The van der Waals surface area contributed by atoms with Crippen LogP contribution in [0.15, 0.2) is 29.2 Å². The highest BCUT2D eigenvalue weighted by Gasteiger charge is 2.42. The summed E-state index contributed by atoms with van der Waals surface area (Å²) in [6.07, 6.45) is 5.10. The van der Waals surface area contributed by atoms with Crippen LogP contribution in [-0.4, -0.2) is 50.2 Å². The first-order valence-corrected chi connectivity index (χ1v) is 11.5. The molecule has 4 rings (SSSR count). The quantitative estimate of drug-likeness (QED) is 0.773. The van der Waals surface area contributed by atoms with E-state index in [2.05, 4.69) is 17.6 Å². The van der Waals surface area contributed by atoms with Gasteiger partial charge >= 0.3 is 0 Å². The first kappa shape index (κ1) is 19.4. The predicted octanol–water partition coefficient (Wildman–Crippen LogP) is 1.36. The number of carbonyl (C=O) groups is 2. The second-order valence-electron chi connectivity index (χ2n) is 8.31. The van der Waals surface area contributed by atoms with E-state index in [9.17, 15) is 18.0 Å². The van der Waals surface area contributed by atoms with Crippen LogP contribution in [0.3, 0.4) is 0 Å². The Kier molecular flexibility index (Phi) is 5.18. The second-order valence-corrected chi connectivity index (χ2v) is 10.3. The SMILES string of the molecule is CC(NC(=O)c1ccc(S(=O)(=O)N2CCNC(=O)C2)cc1)C1CC2CCC1C2. The van der Waals surface area contributed by atoms with E-state index in [4.69, 9.17) is 0 Å². The summed E-state index contributed by atoms with van der Waals surface area (Å²) in [5.41, 5.74) is 0.449. The van der Waals surface area contributed by atoms with Crippen LogP contribution < -0.4 is 10.6 Å². The summed E-state index contributed by atoms with van der Waals surface area (Å²) in [5.74, 6) is 1.63. The maximum absolute atomic E-state index is 12.7. The molecule has 0 aromatic heterocycles. The molecule has 7 nitrogen and oxygen atoms in total. The van der Waals surface area contributed by atoms with Crippen LogP contribution in [0.2, 0.25) is 0 Å². The van der Waals surface area contributed by atoms with Crippen molar-refractivity contribution in [3.05, 3.63) is 29.8 Å². The number of hydrogen-bond acceptors (Lipinski definition) is 4. The van der Waals surface area contributed by atoms with Crippen LogP contribution >= 0.6 is 0 Å². The van der Waals surface area contributed by atoms with Gasteiger partial charge < -0.3 is 10.6 Å². The molecule has 28 heavy (non-hydrogen) atoms. The molecule has 0 spiro atoms. The van der Waals surface area contributed by atoms with Gasteiger partial charge in [-0.05, 0) is 68.2 Å². The number of nitrogens with one attached hydrogen (secondary N) is 2. The van der Waals surface area contributed by atoms with Crippen molar-refractivity contribution in [2.75, 3.05) is 19.6 Å². The van der Waals surface area contributed by atoms with Crippen molar-refractivity contribution < 1.29 is 18.0 Å². The first-order chi connectivity index (χ1) is 13.3. The molecular weight excluding hydrogens is 378 g/mol. The first-order valence-electron chi connectivity index (χ1n) is 10.0. The monoisotopic (exact) mass is 405 g/mol. The van der Waals surface area contributed by atoms with Crippen molar-refractivity contribution in [3.8, 4) is 0 Å². The summed E-state index contributed by atoms with van der Waals surface area (Å²) in [6, 6.07) is 6.09. The number of fused-ring (bicyclic) bond motifs is 2. The predicted molar refractivity (Wildman–Crippen MR) is 104 cm³/mol. The Hall–Kier alpha value is -1.93. The third-order valence-electron chi connectivity index (χ3n) is 6.55. The van der Waals surface area contributed by atoms with E-state index in [0.717, 1.165) is 16.1 Å². The van der Waals surface area contributed by atoms with E-state index in [1.165, 1.54) is 37.8 Å². The van der Waals surface area contributed by atoms with Crippen molar-refractivity contribution >= 4 is 21.8 Å². The molecule has 2 saturated carbocycles. The molecule has 1 aromatic rings. The van der Waals surface area contributed by atoms with E-state index >= 15 is 0 Å². The number of carbonyl (C=O) groups excluding carboxylic acids is 2. The number of rotatable bonds is 5. The van der Waals surface area contributed by atoms with Crippen LogP contribution in [0.5, 0.6) is 0 Å². The van der Waals surface area contributed by atoms with Gasteiger partial charge in [-0.25, -0.2) is 8.42 Å². The fourth-order valence-electron chi connectivity index (χ4n) is 5.05. The van der Waals surface area contributed by atoms with Crippen LogP contribution in [-0.2, 0) is 14.8 Å². The molecule has 4 atom stereocenters. The Balaban J connectivity index is 1.41. The lowest BCUT2D eigenvalue weighted by molar-refractivity contribution is -0.122. The van der Waals surface area contributed by atoms with Crippen LogP contribution in [0.1, 0.15) is 43.0 Å². The van der Waals surface area contributed by atoms with E-state index in [1.54, 1.807) is 12.1 Å². The highest BCUT2D eigenvalue weighted by Crippen LogP contribution is 2.49. The molecule has 2 bridgehead atoms. The van der Waals surface area contributed by atoms with Crippen LogP contribution in [0.4, 0.5) is 0 Å². The Labute approximate surface area is 165 Å². The zero-order valence-corrected chi connectivity index (χ0v) is 16.9. The summed E-state index contributed by atoms with van der Waals surface area (Å²) in [5, 5.41) is 5.71. The van der Waals surface area contributed by atoms with Crippen molar-refractivity contribution in [1.82, 2.24) is 14.9 Å². The molecule has 2 aliphatic carbocycles. The molecule has 3 aliphatic rings. The van der Waals surface area contributed by atoms with Gasteiger partial charge in [0, 0.05) is 24.7 Å². The van der Waals surface area contributed by atoms with Gasteiger partial charge in [0.05, 0.1) is 11.4 Å². The van der Waals surface area contributed by atoms with Gasteiger partial charge in [-0.15, -0.1) is 0 Å².